The minimum atomic E-state index is -0.731. The molecule has 0 fully saturated rings. The number of hydrogen-bond donors (Lipinski definition) is 3. The van der Waals surface area contributed by atoms with Crippen LogP contribution in [-0.4, -0.2) is 29.6 Å². The van der Waals surface area contributed by atoms with E-state index in [1.165, 1.54) is 6.92 Å². The Morgan fingerprint density at radius 2 is 2.15 bits per heavy atom. The first-order valence-corrected chi connectivity index (χ1v) is 6.27. The summed E-state index contributed by atoms with van der Waals surface area (Å²) in [4.78, 5) is 23.0. The number of rotatable bonds is 4. The van der Waals surface area contributed by atoms with Gasteiger partial charge < -0.3 is 16.2 Å². The number of carbonyl (C=O) groups is 2. The molecule has 0 bridgehead atoms. The van der Waals surface area contributed by atoms with Crippen LogP contribution in [0, 0.1) is 18.8 Å². The Balaban J connectivity index is 2.97. The molecule has 0 heterocycles. The normalized spacial score (nSPS) is 11.2. The zero-order chi connectivity index (χ0) is 15.1. The Morgan fingerprint density at radius 3 is 2.75 bits per heavy atom. The lowest BCUT2D eigenvalue weighted by molar-refractivity contribution is -0.119. The molecule has 0 aliphatic heterocycles. The molecular formula is C15H18N2O3. The van der Waals surface area contributed by atoms with E-state index >= 15 is 0 Å². The third-order valence-electron chi connectivity index (χ3n) is 2.81. The van der Waals surface area contributed by atoms with E-state index in [4.69, 9.17) is 10.8 Å². The Bertz CT molecular complexity index is 570. The number of carbonyl (C=O) groups excluding carboxylic acids is 2. The van der Waals surface area contributed by atoms with Gasteiger partial charge in [0.25, 0.3) is 5.91 Å². The summed E-state index contributed by atoms with van der Waals surface area (Å²) in [6, 6.07) is 4.45. The van der Waals surface area contributed by atoms with E-state index in [0.717, 1.165) is 11.1 Å². The van der Waals surface area contributed by atoms with Gasteiger partial charge in [-0.25, -0.2) is 0 Å². The van der Waals surface area contributed by atoms with Crippen molar-refractivity contribution in [3.05, 3.63) is 34.9 Å². The number of aliphatic hydroxyl groups excluding tert-OH is 1. The molecule has 1 aromatic carbocycles. The van der Waals surface area contributed by atoms with Gasteiger partial charge in [0.15, 0.2) is 0 Å². The summed E-state index contributed by atoms with van der Waals surface area (Å²) in [5.74, 6) is 4.77. The second-order valence-corrected chi connectivity index (χ2v) is 4.35. The van der Waals surface area contributed by atoms with Gasteiger partial charge in [-0.15, -0.1) is 0 Å². The molecule has 0 saturated heterocycles. The van der Waals surface area contributed by atoms with Gasteiger partial charge in [0.1, 0.15) is 6.04 Å². The van der Waals surface area contributed by atoms with Gasteiger partial charge in [0, 0.05) is 17.5 Å². The first kappa shape index (κ1) is 15.7. The molecule has 0 spiro atoms. The van der Waals surface area contributed by atoms with Crippen LogP contribution in [0.4, 0.5) is 0 Å². The molecule has 1 rings (SSSR count). The topological polar surface area (TPSA) is 92.4 Å². The lowest BCUT2D eigenvalue weighted by Crippen LogP contribution is -2.42. The number of nitrogens with two attached hydrogens (primary N) is 1. The highest BCUT2D eigenvalue weighted by Gasteiger charge is 2.16. The quantitative estimate of drug-likeness (QED) is 0.691. The molecule has 5 nitrogen and oxygen atoms in total. The average Bonchev–Trinajstić information content (AvgIpc) is 2.40. The molecule has 106 valence electrons. The van der Waals surface area contributed by atoms with Crippen molar-refractivity contribution in [2.45, 2.75) is 26.3 Å². The number of aliphatic hydroxyl groups is 1. The summed E-state index contributed by atoms with van der Waals surface area (Å²) in [5.41, 5.74) is 7.01. The van der Waals surface area contributed by atoms with Crippen molar-refractivity contribution in [1.29, 1.82) is 0 Å². The maximum absolute atomic E-state index is 12.1. The summed E-state index contributed by atoms with van der Waals surface area (Å²) in [6.07, 6.45) is 0.384. The highest BCUT2D eigenvalue weighted by atomic mass is 16.2. The van der Waals surface area contributed by atoms with E-state index in [0.29, 0.717) is 12.0 Å². The summed E-state index contributed by atoms with van der Waals surface area (Å²) < 4.78 is 0. The van der Waals surface area contributed by atoms with Gasteiger partial charge in [-0.3, -0.25) is 9.59 Å². The minimum Gasteiger partial charge on any atom is -0.395 e. The van der Waals surface area contributed by atoms with Gasteiger partial charge in [0.05, 0.1) is 6.61 Å². The zero-order valence-electron chi connectivity index (χ0n) is 11.6. The molecule has 0 aliphatic carbocycles. The number of nitrogens with one attached hydrogen (secondary N) is 1. The lowest BCUT2D eigenvalue weighted by Gasteiger charge is -2.12. The minimum absolute atomic E-state index is 0.00233. The monoisotopic (exact) mass is 274 g/mol. The molecule has 0 aromatic heterocycles. The number of benzene rings is 1. The van der Waals surface area contributed by atoms with Crippen molar-refractivity contribution in [2.24, 2.45) is 5.73 Å². The van der Waals surface area contributed by atoms with Gasteiger partial charge in [0.2, 0.25) is 5.91 Å². The van der Waals surface area contributed by atoms with Crippen LogP contribution >= 0.6 is 0 Å². The van der Waals surface area contributed by atoms with Crippen LogP contribution < -0.4 is 11.1 Å². The molecule has 2 amide bonds. The smallest absolute Gasteiger partial charge is 0.252 e. The molecule has 0 radical (unpaired) electrons. The van der Waals surface area contributed by atoms with Crippen molar-refractivity contribution >= 4 is 11.8 Å². The maximum Gasteiger partial charge on any atom is 0.252 e. The predicted molar refractivity (Wildman–Crippen MR) is 75.9 cm³/mol. The van der Waals surface area contributed by atoms with Crippen LogP contribution in [0.2, 0.25) is 0 Å². The third-order valence-corrected chi connectivity index (χ3v) is 2.81. The van der Waals surface area contributed by atoms with E-state index in [-0.39, 0.29) is 12.5 Å². The largest absolute Gasteiger partial charge is 0.395 e. The van der Waals surface area contributed by atoms with Crippen molar-refractivity contribution in [2.75, 3.05) is 6.61 Å². The number of primary amides is 1. The highest BCUT2D eigenvalue weighted by Crippen LogP contribution is 2.13. The van der Waals surface area contributed by atoms with Crippen LogP contribution in [0.1, 0.15) is 34.8 Å². The van der Waals surface area contributed by atoms with Crippen LogP contribution in [0.3, 0.4) is 0 Å². The number of amides is 2. The Hall–Kier alpha value is -2.32. The maximum atomic E-state index is 12.1. The Kier molecular flexibility index (Phi) is 5.75. The highest BCUT2D eigenvalue weighted by molar-refractivity contribution is 5.98. The Labute approximate surface area is 118 Å². The standard InChI is InChI=1S/C15H18N2O3/c1-10-12(6-3-4-9-18)7-5-8-13(10)15(20)17-11(2)14(16)19/h5,7-8,11,18H,4,9H2,1-2H3,(H2,16,19)(H,17,20). The van der Waals surface area contributed by atoms with Crippen LogP contribution in [0.15, 0.2) is 18.2 Å². The van der Waals surface area contributed by atoms with E-state index in [9.17, 15) is 9.59 Å². The second kappa shape index (κ2) is 7.31. The van der Waals surface area contributed by atoms with Crippen molar-refractivity contribution in [1.82, 2.24) is 5.32 Å². The summed E-state index contributed by atoms with van der Waals surface area (Å²) in [5, 5.41) is 11.2. The molecule has 5 heteroatoms. The second-order valence-electron chi connectivity index (χ2n) is 4.35. The molecule has 4 N–H and O–H groups in total. The van der Waals surface area contributed by atoms with E-state index in [1.807, 2.05) is 0 Å². The number of hydrogen-bond acceptors (Lipinski definition) is 3. The third kappa shape index (κ3) is 4.11. The first-order chi connectivity index (χ1) is 9.47. The molecule has 1 aromatic rings. The molecule has 1 atom stereocenters. The fraction of sp³-hybridized carbons (Fsp3) is 0.333. The molecule has 1 unspecified atom stereocenters. The van der Waals surface area contributed by atoms with Crippen LogP contribution in [-0.2, 0) is 4.79 Å². The fourth-order valence-electron chi connectivity index (χ4n) is 1.58. The van der Waals surface area contributed by atoms with Gasteiger partial charge in [-0.2, -0.15) is 0 Å². The summed E-state index contributed by atoms with van der Waals surface area (Å²) in [7, 11) is 0. The van der Waals surface area contributed by atoms with Gasteiger partial charge >= 0.3 is 0 Å². The predicted octanol–water partition coefficient (Wildman–Crippen LogP) is 0.333. The molecule has 20 heavy (non-hydrogen) atoms. The van der Waals surface area contributed by atoms with E-state index in [2.05, 4.69) is 17.2 Å². The molecule has 0 saturated carbocycles. The van der Waals surface area contributed by atoms with E-state index < -0.39 is 11.9 Å². The van der Waals surface area contributed by atoms with Crippen LogP contribution in [0.5, 0.6) is 0 Å². The lowest BCUT2D eigenvalue weighted by atomic mass is 10.0. The molecule has 0 aliphatic rings. The van der Waals surface area contributed by atoms with Crippen molar-refractivity contribution < 1.29 is 14.7 Å². The van der Waals surface area contributed by atoms with Crippen molar-refractivity contribution in [3.8, 4) is 11.8 Å². The summed E-state index contributed by atoms with van der Waals surface area (Å²) in [6.45, 7) is 3.32. The van der Waals surface area contributed by atoms with Crippen molar-refractivity contribution in [3.63, 3.8) is 0 Å². The molecular weight excluding hydrogens is 256 g/mol. The first-order valence-electron chi connectivity index (χ1n) is 6.27. The van der Waals surface area contributed by atoms with Gasteiger partial charge in [-0.1, -0.05) is 17.9 Å². The van der Waals surface area contributed by atoms with E-state index in [1.54, 1.807) is 25.1 Å². The van der Waals surface area contributed by atoms with Gasteiger partial charge in [-0.05, 0) is 31.5 Å². The zero-order valence-corrected chi connectivity index (χ0v) is 11.6. The van der Waals surface area contributed by atoms with Crippen LogP contribution in [0.25, 0.3) is 0 Å². The SMILES string of the molecule is Cc1c(C#CCCO)cccc1C(=O)NC(C)C(N)=O. The Morgan fingerprint density at radius 1 is 1.45 bits per heavy atom. The average molecular weight is 274 g/mol. The summed E-state index contributed by atoms with van der Waals surface area (Å²) >= 11 is 0. The fourth-order valence-corrected chi connectivity index (χ4v) is 1.58.